The minimum atomic E-state index is -6.54. The largest absolute Gasteiger partial charge is 0.460 e. The lowest BCUT2D eigenvalue weighted by Gasteiger charge is -2.28. The van der Waals surface area contributed by atoms with Crippen molar-refractivity contribution >= 4 is 5.91 Å². The lowest BCUT2D eigenvalue weighted by molar-refractivity contribution is -0.345. The van der Waals surface area contributed by atoms with Crippen LogP contribution in [0.2, 0.25) is 0 Å². The number of nitrogens with zero attached hydrogens (tertiary/aromatic N) is 1. The Balaban J connectivity index is 5.29. The van der Waals surface area contributed by atoms with E-state index >= 15 is 0 Å². The third-order valence-corrected chi connectivity index (χ3v) is 1.34. The maximum Gasteiger partial charge on any atom is 0.460 e. The average molecular weight is 242 g/mol. The van der Waals surface area contributed by atoms with E-state index in [-0.39, 0.29) is 0 Å². The standard InChI is InChI=1S/C5H5F7N2O/c1-14(13)2(15)3(6,7)4(8,9)5(10,11)12/h13H2,1H3. The highest BCUT2D eigenvalue weighted by molar-refractivity contribution is 5.84. The fourth-order valence-electron chi connectivity index (χ4n) is 0.534. The molecule has 0 spiro atoms. The molecular formula is C5H5F7N2O. The van der Waals surface area contributed by atoms with Crippen molar-refractivity contribution in [2.45, 2.75) is 18.0 Å². The van der Waals surface area contributed by atoms with Crippen LogP contribution in [0.4, 0.5) is 30.7 Å². The second-order valence-electron chi connectivity index (χ2n) is 2.56. The molecule has 0 heterocycles. The summed E-state index contributed by atoms with van der Waals surface area (Å²) in [4.78, 5) is 10.3. The molecule has 0 radical (unpaired) electrons. The van der Waals surface area contributed by atoms with Gasteiger partial charge in [0.05, 0.1) is 0 Å². The smallest absolute Gasteiger partial charge is 0.278 e. The van der Waals surface area contributed by atoms with E-state index in [0.29, 0.717) is 7.05 Å². The Morgan fingerprint density at radius 3 is 1.60 bits per heavy atom. The first-order chi connectivity index (χ1) is 6.35. The van der Waals surface area contributed by atoms with E-state index in [1.54, 1.807) is 0 Å². The van der Waals surface area contributed by atoms with Gasteiger partial charge in [-0.2, -0.15) is 30.7 Å². The van der Waals surface area contributed by atoms with Crippen molar-refractivity contribution in [1.29, 1.82) is 0 Å². The number of amides is 1. The summed E-state index contributed by atoms with van der Waals surface area (Å²) < 4.78 is 83.6. The number of nitrogens with two attached hydrogens (primary N) is 1. The number of hydrazine groups is 1. The fourth-order valence-corrected chi connectivity index (χ4v) is 0.534. The maximum atomic E-state index is 12.4. The first-order valence-corrected chi connectivity index (χ1v) is 3.21. The molecule has 0 aliphatic heterocycles. The third kappa shape index (κ3) is 2.13. The molecule has 90 valence electrons. The van der Waals surface area contributed by atoms with Crippen LogP contribution >= 0.6 is 0 Å². The summed E-state index contributed by atoms with van der Waals surface area (Å²) in [5.41, 5.74) is 0. The highest BCUT2D eigenvalue weighted by atomic mass is 19.4. The van der Waals surface area contributed by atoms with Crippen LogP contribution in [-0.2, 0) is 4.79 Å². The van der Waals surface area contributed by atoms with Crippen LogP contribution in [0.5, 0.6) is 0 Å². The zero-order valence-corrected chi connectivity index (χ0v) is 7.08. The second-order valence-corrected chi connectivity index (χ2v) is 2.56. The molecule has 0 atom stereocenters. The van der Waals surface area contributed by atoms with E-state index in [1.165, 1.54) is 0 Å². The Morgan fingerprint density at radius 2 is 1.40 bits per heavy atom. The first-order valence-electron chi connectivity index (χ1n) is 3.21. The van der Waals surface area contributed by atoms with Gasteiger partial charge in [-0.3, -0.25) is 9.80 Å². The molecule has 0 fully saturated rings. The molecule has 15 heavy (non-hydrogen) atoms. The van der Waals surface area contributed by atoms with E-state index in [1.807, 2.05) is 0 Å². The maximum absolute atomic E-state index is 12.4. The summed E-state index contributed by atoms with van der Waals surface area (Å²) in [7, 11) is 0.419. The third-order valence-electron chi connectivity index (χ3n) is 1.34. The van der Waals surface area contributed by atoms with Gasteiger partial charge in [0.2, 0.25) is 0 Å². The average Bonchev–Trinajstić information content (AvgIpc) is 2.00. The number of rotatable bonds is 2. The molecule has 3 nitrogen and oxygen atoms in total. The second kappa shape index (κ2) is 3.51. The van der Waals surface area contributed by atoms with Crippen molar-refractivity contribution in [3.63, 3.8) is 0 Å². The number of hydrogen-bond acceptors (Lipinski definition) is 2. The van der Waals surface area contributed by atoms with Crippen molar-refractivity contribution < 1.29 is 35.5 Å². The summed E-state index contributed by atoms with van der Waals surface area (Å²) >= 11 is 0. The zero-order chi connectivity index (χ0) is 12.7. The number of carbonyl (C=O) groups excluding carboxylic acids is 1. The van der Waals surface area contributed by atoms with E-state index in [4.69, 9.17) is 0 Å². The minimum Gasteiger partial charge on any atom is -0.278 e. The molecule has 0 saturated heterocycles. The molecule has 2 N–H and O–H groups in total. The molecule has 0 aliphatic carbocycles. The van der Waals surface area contributed by atoms with Gasteiger partial charge in [0.25, 0.3) is 0 Å². The molecule has 0 aromatic carbocycles. The normalized spacial score (nSPS) is 13.9. The molecule has 0 aliphatic rings. The molecule has 1 amide bonds. The molecular weight excluding hydrogens is 237 g/mol. The van der Waals surface area contributed by atoms with Crippen LogP contribution in [0.15, 0.2) is 0 Å². The van der Waals surface area contributed by atoms with Crippen LogP contribution in [-0.4, -0.2) is 36.0 Å². The van der Waals surface area contributed by atoms with Crippen molar-refractivity contribution in [3.8, 4) is 0 Å². The van der Waals surface area contributed by atoms with Crippen LogP contribution < -0.4 is 5.84 Å². The van der Waals surface area contributed by atoms with Gasteiger partial charge in [-0.05, 0) is 0 Å². The summed E-state index contributed by atoms with van der Waals surface area (Å²) in [6, 6.07) is 0. The monoisotopic (exact) mass is 242 g/mol. The van der Waals surface area contributed by atoms with Crippen LogP contribution in [0.25, 0.3) is 0 Å². The molecule has 0 bridgehead atoms. The summed E-state index contributed by atoms with van der Waals surface area (Å²) in [5.74, 6) is -10.9. The summed E-state index contributed by atoms with van der Waals surface area (Å²) in [6.07, 6.45) is -6.54. The molecule has 0 aromatic heterocycles. The van der Waals surface area contributed by atoms with Gasteiger partial charge in [-0.15, -0.1) is 0 Å². The topological polar surface area (TPSA) is 46.3 Å². The number of alkyl halides is 7. The van der Waals surface area contributed by atoms with E-state index < -0.39 is 28.9 Å². The number of hydrogen-bond donors (Lipinski definition) is 1. The van der Waals surface area contributed by atoms with Gasteiger partial charge in [0.1, 0.15) is 0 Å². The number of carbonyl (C=O) groups is 1. The van der Waals surface area contributed by atoms with Crippen LogP contribution in [0.1, 0.15) is 0 Å². The van der Waals surface area contributed by atoms with Gasteiger partial charge < -0.3 is 0 Å². The Bertz CT molecular complexity index is 259. The predicted octanol–water partition coefficient (Wildman–Crippen LogP) is 1.15. The Hall–Kier alpha value is -1.06. The van der Waals surface area contributed by atoms with Crippen molar-refractivity contribution in [1.82, 2.24) is 5.01 Å². The fraction of sp³-hybridized carbons (Fsp3) is 0.800. The van der Waals surface area contributed by atoms with Crippen LogP contribution in [0.3, 0.4) is 0 Å². The lowest BCUT2D eigenvalue weighted by Crippen LogP contribution is -2.60. The predicted molar refractivity (Wildman–Crippen MR) is 32.9 cm³/mol. The zero-order valence-electron chi connectivity index (χ0n) is 7.08. The van der Waals surface area contributed by atoms with Gasteiger partial charge in [0.15, 0.2) is 0 Å². The SMILES string of the molecule is CN(N)C(=O)C(F)(F)C(F)(F)C(F)(F)F. The lowest BCUT2D eigenvalue weighted by atomic mass is 10.1. The summed E-state index contributed by atoms with van der Waals surface area (Å²) in [6.45, 7) is 0. The Kier molecular flexibility index (Phi) is 3.26. The first kappa shape index (κ1) is 13.9. The summed E-state index contributed by atoms with van der Waals surface area (Å²) in [5, 5.41) is -0.542. The molecule has 0 rings (SSSR count). The van der Waals surface area contributed by atoms with Crippen molar-refractivity contribution in [3.05, 3.63) is 0 Å². The quantitative estimate of drug-likeness (QED) is 0.341. The molecule has 0 saturated carbocycles. The van der Waals surface area contributed by atoms with E-state index in [0.717, 1.165) is 0 Å². The molecule has 0 unspecified atom stereocenters. The number of halogens is 7. The van der Waals surface area contributed by atoms with Crippen molar-refractivity contribution in [2.75, 3.05) is 7.05 Å². The Morgan fingerprint density at radius 1 is 1.07 bits per heavy atom. The highest BCUT2D eigenvalue weighted by Crippen LogP contribution is 2.46. The van der Waals surface area contributed by atoms with Gasteiger partial charge in [0, 0.05) is 7.05 Å². The molecule has 0 aromatic rings. The minimum absolute atomic E-state index is 0.419. The Labute approximate surface area is 78.6 Å². The van der Waals surface area contributed by atoms with E-state index in [2.05, 4.69) is 5.84 Å². The highest BCUT2D eigenvalue weighted by Gasteiger charge is 2.76. The van der Waals surface area contributed by atoms with Gasteiger partial charge >= 0.3 is 23.9 Å². The van der Waals surface area contributed by atoms with Crippen molar-refractivity contribution in [2.24, 2.45) is 5.84 Å². The van der Waals surface area contributed by atoms with Crippen LogP contribution in [0, 0.1) is 0 Å². The van der Waals surface area contributed by atoms with E-state index in [9.17, 15) is 35.5 Å². The van der Waals surface area contributed by atoms with Gasteiger partial charge in [-0.1, -0.05) is 0 Å². The molecule has 10 heteroatoms. The van der Waals surface area contributed by atoms with Gasteiger partial charge in [-0.25, -0.2) is 5.84 Å².